The van der Waals surface area contributed by atoms with E-state index >= 15 is 0 Å². The Kier molecular flexibility index (Phi) is 1.68. The molecule has 1 nitrogen and oxygen atoms in total. The van der Waals surface area contributed by atoms with Crippen molar-refractivity contribution in [2.45, 2.75) is 11.8 Å². The first-order chi connectivity index (χ1) is 6.72. The molecular weight excluding hydrogens is 201 g/mol. The van der Waals surface area contributed by atoms with E-state index in [2.05, 4.69) is 5.32 Å². The van der Waals surface area contributed by atoms with Crippen LogP contribution >= 0.6 is 11.6 Å². The van der Waals surface area contributed by atoms with Crippen LogP contribution in [0, 0.1) is 11.7 Å². The normalized spacial score (nSPS) is 34.3. The lowest BCUT2D eigenvalue weighted by atomic mass is 9.95. The average Bonchev–Trinajstić information content (AvgIpc) is 2.69. The van der Waals surface area contributed by atoms with E-state index in [4.69, 9.17) is 11.6 Å². The molecule has 0 aromatic heterocycles. The Morgan fingerprint density at radius 3 is 2.93 bits per heavy atom. The van der Waals surface area contributed by atoms with Gasteiger partial charge in [0, 0.05) is 17.0 Å². The van der Waals surface area contributed by atoms with Crippen LogP contribution in [0.3, 0.4) is 0 Å². The lowest BCUT2D eigenvalue weighted by Crippen LogP contribution is -2.19. The highest BCUT2D eigenvalue weighted by atomic mass is 35.5. The molecule has 3 rings (SSSR count). The van der Waals surface area contributed by atoms with Gasteiger partial charge in [-0.05, 0) is 36.6 Å². The van der Waals surface area contributed by atoms with Crippen LogP contribution < -0.4 is 5.32 Å². The predicted molar refractivity (Wildman–Crippen MR) is 54.1 cm³/mol. The molecule has 0 unspecified atom stereocenters. The molecule has 1 aliphatic heterocycles. The van der Waals surface area contributed by atoms with Crippen molar-refractivity contribution in [1.29, 1.82) is 0 Å². The zero-order valence-corrected chi connectivity index (χ0v) is 8.44. The van der Waals surface area contributed by atoms with Gasteiger partial charge in [0.1, 0.15) is 5.82 Å². The molecule has 14 heavy (non-hydrogen) atoms. The monoisotopic (exact) mass is 211 g/mol. The van der Waals surface area contributed by atoms with Gasteiger partial charge in [0.05, 0.1) is 0 Å². The third kappa shape index (κ3) is 1.04. The summed E-state index contributed by atoms with van der Waals surface area (Å²) in [7, 11) is 0. The molecule has 1 N–H and O–H groups in total. The summed E-state index contributed by atoms with van der Waals surface area (Å²) in [5.41, 5.74) is 1.35. The highest BCUT2D eigenvalue weighted by molar-refractivity contribution is 6.31. The Balaban J connectivity index is 2.05. The molecule has 0 amide bonds. The smallest absolute Gasteiger partial charge is 0.124 e. The van der Waals surface area contributed by atoms with Gasteiger partial charge >= 0.3 is 0 Å². The van der Waals surface area contributed by atoms with E-state index in [1.165, 1.54) is 18.6 Å². The van der Waals surface area contributed by atoms with Crippen molar-refractivity contribution in [2.24, 2.45) is 5.92 Å². The Labute approximate surface area is 87.3 Å². The van der Waals surface area contributed by atoms with Crippen LogP contribution in [0.25, 0.3) is 0 Å². The Morgan fingerprint density at radius 2 is 2.36 bits per heavy atom. The molecular formula is C11H11ClFN. The molecule has 0 spiro atoms. The van der Waals surface area contributed by atoms with Crippen molar-refractivity contribution in [1.82, 2.24) is 5.32 Å². The minimum Gasteiger partial charge on any atom is -0.316 e. The number of benzene rings is 1. The van der Waals surface area contributed by atoms with Gasteiger partial charge in [-0.1, -0.05) is 17.7 Å². The summed E-state index contributed by atoms with van der Waals surface area (Å²) in [6.07, 6.45) is 1.20. The third-order valence-corrected chi connectivity index (χ3v) is 3.84. The number of nitrogens with one attached hydrogen (secondary N) is 1. The third-order valence-electron chi connectivity index (χ3n) is 3.53. The standard InChI is InChI=1S/C11H11ClFN/c12-10-3-8(13)1-2-9(10)11-4-7(11)5-14-6-11/h1-3,7,14H,4-6H2/t7-,11-/m1/s1. The van der Waals surface area contributed by atoms with Gasteiger partial charge in [-0.25, -0.2) is 4.39 Å². The van der Waals surface area contributed by atoms with Gasteiger partial charge in [-0.3, -0.25) is 0 Å². The maximum Gasteiger partial charge on any atom is 0.124 e. The van der Waals surface area contributed by atoms with Crippen LogP contribution in [0.1, 0.15) is 12.0 Å². The molecule has 2 fully saturated rings. The quantitative estimate of drug-likeness (QED) is 0.752. The molecule has 1 aromatic carbocycles. The van der Waals surface area contributed by atoms with E-state index in [1.807, 2.05) is 6.07 Å². The van der Waals surface area contributed by atoms with Gasteiger partial charge in [0.25, 0.3) is 0 Å². The Bertz CT molecular complexity index is 393. The van der Waals surface area contributed by atoms with Gasteiger partial charge in [-0.2, -0.15) is 0 Å². The summed E-state index contributed by atoms with van der Waals surface area (Å²) in [6, 6.07) is 4.76. The molecule has 3 heteroatoms. The van der Waals surface area contributed by atoms with Gasteiger partial charge < -0.3 is 5.32 Å². The highest BCUT2D eigenvalue weighted by Gasteiger charge is 2.58. The zero-order valence-electron chi connectivity index (χ0n) is 7.69. The number of hydrogen-bond donors (Lipinski definition) is 1. The Hall–Kier alpha value is -0.600. The van der Waals surface area contributed by atoms with Crippen molar-refractivity contribution in [3.8, 4) is 0 Å². The number of halogens is 2. The van der Waals surface area contributed by atoms with Gasteiger partial charge in [-0.15, -0.1) is 0 Å². The van der Waals surface area contributed by atoms with Crippen LogP contribution in [-0.2, 0) is 5.41 Å². The maximum absolute atomic E-state index is 12.9. The molecule has 0 radical (unpaired) electrons. The summed E-state index contributed by atoms with van der Waals surface area (Å²) in [5.74, 6) is 0.462. The van der Waals surface area contributed by atoms with Gasteiger partial charge in [0.2, 0.25) is 0 Å². The number of hydrogen-bond acceptors (Lipinski definition) is 1. The number of piperidine rings is 1. The first kappa shape index (κ1) is 8.69. The fourth-order valence-corrected chi connectivity index (χ4v) is 3.01. The van der Waals surface area contributed by atoms with Crippen LogP contribution in [0.15, 0.2) is 18.2 Å². The van der Waals surface area contributed by atoms with Crippen molar-refractivity contribution >= 4 is 11.6 Å². The molecule has 1 saturated heterocycles. The van der Waals surface area contributed by atoms with Crippen molar-refractivity contribution in [2.75, 3.05) is 13.1 Å². The largest absolute Gasteiger partial charge is 0.316 e. The van der Waals surface area contributed by atoms with Crippen LogP contribution in [0.2, 0.25) is 5.02 Å². The van der Waals surface area contributed by atoms with E-state index in [0.29, 0.717) is 10.9 Å². The van der Waals surface area contributed by atoms with Crippen molar-refractivity contribution < 1.29 is 4.39 Å². The summed E-state index contributed by atoms with van der Waals surface area (Å²) < 4.78 is 12.9. The predicted octanol–water partition coefficient (Wildman–Crippen LogP) is 2.34. The minimum atomic E-state index is -0.252. The first-order valence-electron chi connectivity index (χ1n) is 4.89. The fourth-order valence-electron chi connectivity index (χ4n) is 2.65. The molecule has 1 aromatic rings. The maximum atomic E-state index is 12.9. The molecule has 1 saturated carbocycles. The van der Waals surface area contributed by atoms with Gasteiger partial charge in [0.15, 0.2) is 0 Å². The first-order valence-corrected chi connectivity index (χ1v) is 5.26. The minimum absolute atomic E-state index is 0.227. The van der Waals surface area contributed by atoms with Crippen molar-refractivity contribution in [3.63, 3.8) is 0 Å². The molecule has 1 aliphatic carbocycles. The summed E-state index contributed by atoms with van der Waals surface area (Å²) in [5, 5.41) is 3.93. The fraction of sp³-hybridized carbons (Fsp3) is 0.455. The molecule has 2 atom stereocenters. The summed E-state index contributed by atoms with van der Waals surface area (Å²) in [4.78, 5) is 0. The van der Waals surface area contributed by atoms with E-state index in [1.54, 1.807) is 0 Å². The SMILES string of the molecule is Fc1ccc([C@]23CNC[C@H]2C3)c(Cl)c1. The van der Waals surface area contributed by atoms with E-state index in [-0.39, 0.29) is 11.2 Å². The van der Waals surface area contributed by atoms with Crippen LogP contribution in [-0.4, -0.2) is 13.1 Å². The number of fused-ring (bicyclic) bond motifs is 1. The highest BCUT2D eigenvalue weighted by Crippen LogP contribution is 2.57. The second-order valence-electron chi connectivity index (χ2n) is 4.31. The summed E-state index contributed by atoms with van der Waals surface area (Å²) >= 11 is 6.06. The van der Waals surface area contributed by atoms with Crippen LogP contribution in [0.5, 0.6) is 0 Å². The molecule has 74 valence electrons. The molecule has 1 heterocycles. The molecule has 2 aliphatic rings. The van der Waals surface area contributed by atoms with E-state index in [0.717, 1.165) is 18.7 Å². The zero-order chi connectivity index (χ0) is 9.76. The second-order valence-corrected chi connectivity index (χ2v) is 4.72. The second kappa shape index (κ2) is 2.71. The number of rotatable bonds is 1. The van der Waals surface area contributed by atoms with Crippen molar-refractivity contribution in [3.05, 3.63) is 34.6 Å². The van der Waals surface area contributed by atoms with E-state index < -0.39 is 0 Å². The lowest BCUT2D eigenvalue weighted by molar-refractivity contribution is 0.622. The average molecular weight is 212 g/mol. The van der Waals surface area contributed by atoms with E-state index in [9.17, 15) is 4.39 Å². The van der Waals surface area contributed by atoms with Crippen LogP contribution in [0.4, 0.5) is 4.39 Å². The lowest BCUT2D eigenvalue weighted by Gasteiger charge is -2.13. The Morgan fingerprint density at radius 1 is 1.50 bits per heavy atom. The summed E-state index contributed by atoms with van der Waals surface area (Å²) in [6.45, 7) is 2.07. The molecule has 0 bridgehead atoms. The topological polar surface area (TPSA) is 12.0 Å².